The molecule has 3 rings (SSSR count). The van der Waals surface area contributed by atoms with Gasteiger partial charge in [0.1, 0.15) is 6.33 Å². The Hall–Kier alpha value is -2.02. The summed E-state index contributed by atoms with van der Waals surface area (Å²) in [5.41, 5.74) is 0. The van der Waals surface area contributed by atoms with Crippen molar-refractivity contribution in [2.45, 2.75) is 24.3 Å². The Labute approximate surface area is 146 Å². The van der Waals surface area contributed by atoms with Crippen molar-refractivity contribution in [3.63, 3.8) is 0 Å². The van der Waals surface area contributed by atoms with E-state index in [1.54, 1.807) is 6.33 Å². The van der Waals surface area contributed by atoms with Crippen LogP contribution in [0.4, 0.5) is 4.79 Å². The molecule has 1 aliphatic rings. The van der Waals surface area contributed by atoms with Gasteiger partial charge in [-0.2, -0.15) is 0 Å². The molecule has 6 nitrogen and oxygen atoms in total. The molecule has 0 unspecified atom stereocenters. The summed E-state index contributed by atoms with van der Waals surface area (Å²) in [7, 11) is 1.88. The molecule has 1 aromatic carbocycles. The van der Waals surface area contributed by atoms with Crippen molar-refractivity contribution in [2.24, 2.45) is 13.0 Å². The van der Waals surface area contributed by atoms with Gasteiger partial charge >= 0.3 is 6.03 Å². The fourth-order valence-corrected chi connectivity index (χ4v) is 3.96. The zero-order chi connectivity index (χ0) is 16.9. The van der Waals surface area contributed by atoms with Gasteiger partial charge in [0.05, 0.1) is 6.04 Å². The van der Waals surface area contributed by atoms with Gasteiger partial charge < -0.3 is 14.8 Å². The number of nitrogens with one attached hydrogen (secondary N) is 1. The highest BCUT2D eigenvalue weighted by atomic mass is 32.2. The van der Waals surface area contributed by atoms with Crippen LogP contribution in [0.5, 0.6) is 0 Å². The van der Waals surface area contributed by atoms with E-state index >= 15 is 0 Å². The monoisotopic (exact) mass is 345 g/mol. The van der Waals surface area contributed by atoms with Crippen LogP contribution >= 0.6 is 11.8 Å². The first kappa shape index (κ1) is 16.8. The highest BCUT2D eigenvalue weighted by molar-refractivity contribution is 7.99. The van der Waals surface area contributed by atoms with Gasteiger partial charge in [0, 0.05) is 30.8 Å². The van der Waals surface area contributed by atoms with Gasteiger partial charge in [0.15, 0.2) is 5.82 Å². The molecule has 1 aliphatic heterocycles. The van der Waals surface area contributed by atoms with E-state index in [1.807, 2.05) is 41.3 Å². The van der Waals surface area contributed by atoms with Crippen molar-refractivity contribution in [2.75, 3.05) is 18.8 Å². The Balaban J connectivity index is 1.46. The fraction of sp³-hybridized carbons (Fsp3) is 0.471. The lowest BCUT2D eigenvalue weighted by Crippen LogP contribution is -2.40. The van der Waals surface area contributed by atoms with Crippen LogP contribution in [0.1, 0.15) is 25.2 Å². The van der Waals surface area contributed by atoms with E-state index in [9.17, 15) is 4.79 Å². The van der Waals surface area contributed by atoms with Crippen LogP contribution in [-0.2, 0) is 7.05 Å². The van der Waals surface area contributed by atoms with Crippen LogP contribution in [-0.4, -0.2) is 44.5 Å². The Morgan fingerprint density at radius 2 is 2.21 bits per heavy atom. The maximum atomic E-state index is 12.4. The predicted molar refractivity (Wildman–Crippen MR) is 94.8 cm³/mol. The molecule has 0 radical (unpaired) electrons. The van der Waals surface area contributed by atoms with Gasteiger partial charge in [-0.1, -0.05) is 18.2 Å². The molecular formula is C17H23N5OS. The van der Waals surface area contributed by atoms with Gasteiger partial charge in [-0.25, -0.2) is 4.79 Å². The number of carbonyl (C=O) groups is 1. The molecule has 1 saturated heterocycles. The molecule has 0 bridgehead atoms. The number of likely N-dealkylation sites (tertiary alicyclic amines) is 1. The lowest BCUT2D eigenvalue weighted by atomic mass is 10.2. The summed E-state index contributed by atoms with van der Waals surface area (Å²) in [6.07, 6.45) is 2.70. The number of thioether (sulfide) groups is 1. The standard InChI is InChI=1S/C17H23N5OS/c1-13(16-20-18-12-21(16)2)19-17(23)22-9-8-14(10-22)11-24-15-6-4-3-5-7-15/h3-7,12-14H,8-11H2,1-2H3,(H,19,23)/t13-,14+/m0/s1. The quantitative estimate of drug-likeness (QED) is 0.847. The summed E-state index contributed by atoms with van der Waals surface area (Å²) < 4.78 is 1.83. The smallest absolute Gasteiger partial charge is 0.317 e. The molecular weight excluding hydrogens is 322 g/mol. The predicted octanol–water partition coefficient (Wildman–Crippen LogP) is 2.70. The van der Waals surface area contributed by atoms with Crippen molar-refractivity contribution >= 4 is 17.8 Å². The molecule has 2 aromatic rings. The zero-order valence-electron chi connectivity index (χ0n) is 14.1. The number of hydrogen-bond donors (Lipinski definition) is 1. The van der Waals surface area contributed by atoms with E-state index < -0.39 is 0 Å². The van der Waals surface area contributed by atoms with Crippen LogP contribution in [0.15, 0.2) is 41.6 Å². The number of carbonyl (C=O) groups excluding carboxylic acids is 1. The normalized spacial score (nSPS) is 18.6. The third-order valence-electron chi connectivity index (χ3n) is 4.28. The second-order valence-electron chi connectivity index (χ2n) is 6.20. The summed E-state index contributed by atoms with van der Waals surface area (Å²) in [5.74, 6) is 2.36. The second kappa shape index (κ2) is 7.70. The van der Waals surface area contributed by atoms with Crippen LogP contribution in [0.25, 0.3) is 0 Å². The molecule has 7 heteroatoms. The van der Waals surface area contributed by atoms with Gasteiger partial charge in [0.25, 0.3) is 0 Å². The number of hydrogen-bond acceptors (Lipinski definition) is 4. The van der Waals surface area contributed by atoms with Crippen molar-refractivity contribution in [3.8, 4) is 0 Å². The minimum Gasteiger partial charge on any atom is -0.328 e. The van der Waals surface area contributed by atoms with E-state index in [1.165, 1.54) is 4.90 Å². The minimum absolute atomic E-state index is 0.0160. The van der Waals surface area contributed by atoms with Gasteiger partial charge in [-0.3, -0.25) is 0 Å². The number of amides is 2. The van der Waals surface area contributed by atoms with E-state index in [0.717, 1.165) is 31.1 Å². The number of nitrogens with zero attached hydrogens (tertiary/aromatic N) is 4. The number of benzene rings is 1. The Morgan fingerprint density at radius 3 is 2.92 bits per heavy atom. The topological polar surface area (TPSA) is 63.1 Å². The second-order valence-corrected chi connectivity index (χ2v) is 7.29. The van der Waals surface area contributed by atoms with Gasteiger partial charge in [-0.15, -0.1) is 22.0 Å². The average Bonchev–Trinajstić information content (AvgIpc) is 3.23. The molecule has 128 valence electrons. The molecule has 0 saturated carbocycles. The first-order valence-corrected chi connectivity index (χ1v) is 9.19. The average molecular weight is 345 g/mol. The van der Waals surface area contributed by atoms with Gasteiger partial charge in [0.2, 0.25) is 0 Å². The van der Waals surface area contributed by atoms with Crippen molar-refractivity contribution < 1.29 is 4.79 Å². The first-order valence-electron chi connectivity index (χ1n) is 8.20. The van der Waals surface area contributed by atoms with Crippen LogP contribution in [0, 0.1) is 5.92 Å². The number of aryl methyl sites for hydroxylation is 1. The first-order chi connectivity index (χ1) is 11.6. The van der Waals surface area contributed by atoms with E-state index in [0.29, 0.717) is 5.92 Å². The van der Waals surface area contributed by atoms with E-state index in [2.05, 4.69) is 39.8 Å². The van der Waals surface area contributed by atoms with Crippen LogP contribution in [0.3, 0.4) is 0 Å². The summed E-state index contributed by atoms with van der Waals surface area (Å²) in [6.45, 7) is 3.56. The highest BCUT2D eigenvalue weighted by Crippen LogP contribution is 2.26. The lowest BCUT2D eigenvalue weighted by Gasteiger charge is -2.20. The number of rotatable bonds is 5. The Kier molecular flexibility index (Phi) is 5.40. The molecule has 0 aliphatic carbocycles. The van der Waals surface area contributed by atoms with Crippen molar-refractivity contribution in [1.29, 1.82) is 0 Å². The Bertz CT molecular complexity index is 675. The maximum absolute atomic E-state index is 12.4. The summed E-state index contributed by atoms with van der Waals surface area (Å²) in [5, 5.41) is 10.9. The van der Waals surface area contributed by atoms with Crippen molar-refractivity contribution in [1.82, 2.24) is 25.0 Å². The largest absolute Gasteiger partial charge is 0.328 e. The van der Waals surface area contributed by atoms with E-state index in [-0.39, 0.29) is 12.1 Å². The molecule has 2 atom stereocenters. The molecule has 1 N–H and O–H groups in total. The third-order valence-corrected chi connectivity index (χ3v) is 5.52. The maximum Gasteiger partial charge on any atom is 0.317 e. The molecule has 1 fully saturated rings. The molecule has 0 spiro atoms. The molecule has 24 heavy (non-hydrogen) atoms. The molecule has 1 aromatic heterocycles. The molecule has 2 amide bonds. The fourth-order valence-electron chi connectivity index (χ4n) is 2.91. The van der Waals surface area contributed by atoms with Gasteiger partial charge in [-0.05, 0) is 31.4 Å². The van der Waals surface area contributed by atoms with E-state index in [4.69, 9.17) is 0 Å². The number of aromatic nitrogens is 3. The zero-order valence-corrected chi connectivity index (χ0v) is 14.9. The summed E-state index contributed by atoms with van der Waals surface area (Å²) in [4.78, 5) is 15.6. The highest BCUT2D eigenvalue weighted by Gasteiger charge is 2.27. The lowest BCUT2D eigenvalue weighted by molar-refractivity contribution is 0.203. The SMILES string of the molecule is C[C@H](NC(=O)N1CC[C@@H](CSc2ccccc2)C1)c1nncn1C. The van der Waals surface area contributed by atoms with Crippen molar-refractivity contribution in [3.05, 3.63) is 42.5 Å². The Morgan fingerprint density at radius 1 is 1.42 bits per heavy atom. The third kappa shape index (κ3) is 4.08. The number of urea groups is 1. The minimum atomic E-state index is -0.150. The van der Waals surface area contributed by atoms with Crippen LogP contribution in [0.2, 0.25) is 0 Å². The van der Waals surface area contributed by atoms with Crippen LogP contribution < -0.4 is 5.32 Å². The summed E-state index contributed by atoms with van der Waals surface area (Å²) >= 11 is 1.87. The summed E-state index contributed by atoms with van der Waals surface area (Å²) in [6, 6.07) is 10.2. The molecule has 2 heterocycles.